The number of aliphatic hydroxyl groups is 1. The number of hydrogen-bond acceptors (Lipinski definition) is 3. The molecule has 3 nitrogen and oxygen atoms in total. The first-order valence-electron chi connectivity index (χ1n) is 6.98. The smallest absolute Gasteiger partial charge is 0.222 e. The fraction of sp³-hybridized carbons (Fsp3) is 0.353. The second kappa shape index (κ2) is 6.53. The average molecular weight is 271 g/mol. The monoisotopic (exact) mass is 271 g/mol. The molecule has 0 amide bonds. The van der Waals surface area contributed by atoms with Gasteiger partial charge >= 0.3 is 0 Å². The molecule has 1 aromatic heterocycles. The molecule has 0 saturated carbocycles. The molecule has 0 aliphatic rings. The van der Waals surface area contributed by atoms with Crippen LogP contribution in [-0.2, 0) is 6.61 Å². The van der Waals surface area contributed by atoms with Crippen LogP contribution in [0.5, 0.6) is 11.6 Å². The van der Waals surface area contributed by atoms with Crippen LogP contribution in [0.25, 0.3) is 0 Å². The van der Waals surface area contributed by atoms with E-state index in [-0.39, 0.29) is 6.61 Å². The van der Waals surface area contributed by atoms with Gasteiger partial charge in [-0.3, -0.25) is 0 Å². The van der Waals surface area contributed by atoms with E-state index in [0.29, 0.717) is 11.8 Å². The molecule has 0 saturated heterocycles. The van der Waals surface area contributed by atoms with Crippen LogP contribution in [0.4, 0.5) is 0 Å². The number of ether oxygens (including phenoxy) is 1. The fourth-order valence-corrected chi connectivity index (χ4v) is 2.03. The Morgan fingerprint density at radius 3 is 2.50 bits per heavy atom. The summed E-state index contributed by atoms with van der Waals surface area (Å²) in [6.45, 7) is 6.33. The number of hydrogen-bond donors (Lipinski definition) is 1. The van der Waals surface area contributed by atoms with Crippen LogP contribution in [0.15, 0.2) is 36.5 Å². The van der Waals surface area contributed by atoms with Crippen LogP contribution in [0, 0.1) is 6.92 Å². The molecule has 1 unspecified atom stereocenters. The zero-order valence-electron chi connectivity index (χ0n) is 12.3. The summed E-state index contributed by atoms with van der Waals surface area (Å²) in [5, 5.41) is 9.07. The van der Waals surface area contributed by atoms with Crippen LogP contribution in [0.3, 0.4) is 0 Å². The first kappa shape index (κ1) is 14.5. The van der Waals surface area contributed by atoms with Crippen molar-refractivity contribution in [3.05, 3.63) is 53.2 Å². The van der Waals surface area contributed by atoms with Gasteiger partial charge in [0.15, 0.2) is 0 Å². The zero-order chi connectivity index (χ0) is 14.5. The highest BCUT2D eigenvalue weighted by Crippen LogP contribution is 2.26. The molecule has 20 heavy (non-hydrogen) atoms. The van der Waals surface area contributed by atoms with E-state index in [0.717, 1.165) is 23.3 Å². The standard InChI is InChI=1S/C17H21NO2/c1-4-12(2)15-5-7-16(8-6-15)20-17-13(3)9-14(11-19)10-18-17/h5-10,12,19H,4,11H2,1-3H3. The Bertz CT molecular complexity index is 564. The summed E-state index contributed by atoms with van der Waals surface area (Å²) in [6.07, 6.45) is 2.76. The zero-order valence-corrected chi connectivity index (χ0v) is 12.3. The Labute approximate surface area is 120 Å². The third-order valence-corrected chi connectivity index (χ3v) is 3.55. The maximum Gasteiger partial charge on any atom is 0.222 e. The Kier molecular flexibility index (Phi) is 4.74. The molecule has 1 heterocycles. The minimum Gasteiger partial charge on any atom is -0.439 e. The van der Waals surface area contributed by atoms with Crippen LogP contribution in [0.2, 0.25) is 0 Å². The molecule has 106 valence electrons. The lowest BCUT2D eigenvalue weighted by Gasteiger charge is -2.11. The van der Waals surface area contributed by atoms with Crippen molar-refractivity contribution in [3.8, 4) is 11.6 Å². The summed E-state index contributed by atoms with van der Waals surface area (Å²) in [7, 11) is 0. The Morgan fingerprint density at radius 1 is 1.25 bits per heavy atom. The van der Waals surface area contributed by atoms with Crippen molar-refractivity contribution in [1.29, 1.82) is 0 Å². The third kappa shape index (κ3) is 3.36. The maximum absolute atomic E-state index is 9.07. The van der Waals surface area contributed by atoms with Gasteiger partial charge in [0.05, 0.1) is 6.61 Å². The Hall–Kier alpha value is -1.87. The SMILES string of the molecule is CCC(C)c1ccc(Oc2ncc(CO)cc2C)cc1. The van der Waals surface area contributed by atoms with E-state index in [4.69, 9.17) is 9.84 Å². The third-order valence-electron chi connectivity index (χ3n) is 3.55. The molecule has 1 N–H and O–H groups in total. The first-order chi connectivity index (χ1) is 9.63. The highest BCUT2D eigenvalue weighted by atomic mass is 16.5. The van der Waals surface area contributed by atoms with E-state index < -0.39 is 0 Å². The van der Waals surface area contributed by atoms with Gasteiger partial charge in [-0.1, -0.05) is 26.0 Å². The van der Waals surface area contributed by atoms with Crippen LogP contribution < -0.4 is 4.74 Å². The van der Waals surface area contributed by atoms with Gasteiger partial charge in [0.2, 0.25) is 5.88 Å². The minimum atomic E-state index is -0.00226. The predicted molar refractivity (Wildman–Crippen MR) is 80.1 cm³/mol. The van der Waals surface area contributed by atoms with Gasteiger partial charge in [-0.25, -0.2) is 4.98 Å². The summed E-state index contributed by atoms with van der Waals surface area (Å²) in [6, 6.07) is 10.0. The number of aromatic nitrogens is 1. The van der Waals surface area contributed by atoms with E-state index in [2.05, 4.69) is 31.0 Å². The van der Waals surface area contributed by atoms with Gasteiger partial charge in [-0.05, 0) is 48.6 Å². The van der Waals surface area contributed by atoms with E-state index >= 15 is 0 Å². The van der Waals surface area contributed by atoms with Crippen molar-refractivity contribution in [1.82, 2.24) is 4.98 Å². The number of nitrogens with zero attached hydrogens (tertiary/aromatic N) is 1. The van der Waals surface area contributed by atoms with Crippen molar-refractivity contribution in [2.75, 3.05) is 0 Å². The van der Waals surface area contributed by atoms with Crippen molar-refractivity contribution in [2.45, 2.75) is 39.7 Å². The van der Waals surface area contributed by atoms with Crippen molar-refractivity contribution in [3.63, 3.8) is 0 Å². The van der Waals surface area contributed by atoms with E-state index in [1.54, 1.807) is 6.20 Å². The number of rotatable bonds is 5. The molecule has 0 aliphatic heterocycles. The lowest BCUT2D eigenvalue weighted by molar-refractivity contribution is 0.281. The summed E-state index contributed by atoms with van der Waals surface area (Å²) in [5.74, 6) is 1.93. The van der Waals surface area contributed by atoms with Gasteiger partial charge in [-0.2, -0.15) is 0 Å². The van der Waals surface area contributed by atoms with Crippen LogP contribution in [0.1, 0.15) is 42.9 Å². The largest absolute Gasteiger partial charge is 0.439 e. The molecule has 0 bridgehead atoms. The van der Waals surface area contributed by atoms with Gasteiger partial charge < -0.3 is 9.84 Å². The van der Waals surface area contributed by atoms with Gasteiger partial charge in [0.25, 0.3) is 0 Å². The molecule has 0 fully saturated rings. The first-order valence-corrected chi connectivity index (χ1v) is 6.98. The molecular weight excluding hydrogens is 250 g/mol. The number of benzene rings is 1. The van der Waals surface area contributed by atoms with Crippen molar-refractivity contribution >= 4 is 0 Å². The van der Waals surface area contributed by atoms with Crippen molar-refractivity contribution in [2.24, 2.45) is 0 Å². The molecule has 1 atom stereocenters. The van der Waals surface area contributed by atoms with E-state index in [1.807, 2.05) is 25.1 Å². The molecule has 2 aromatic rings. The quantitative estimate of drug-likeness (QED) is 0.886. The molecule has 0 spiro atoms. The highest BCUT2D eigenvalue weighted by Gasteiger charge is 2.06. The maximum atomic E-state index is 9.07. The summed E-state index contributed by atoms with van der Waals surface area (Å²) in [5.41, 5.74) is 3.03. The number of aliphatic hydroxyl groups excluding tert-OH is 1. The van der Waals surface area contributed by atoms with Gasteiger partial charge in [-0.15, -0.1) is 0 Å². The van der Waals surface area contributed by atoms with E-state index in [1.165, 1.54) is 5.56 Å². The summed E-state index contributed by atoms with van der Waals surface area (Å²) < 4.78 is 5.78. The highest BCUT2D eigenvalue weighted by molar-refractivity contribution is 5.35. The van der Waals surface area contributed by atoms with Crippen LogP contribution >= 0.6 is 0 Å². The summed E-state index contributed by atoms with van der Waals surface area (Å²) in [4.78, 5) is 4.24. The molecule has 0 radical (unpaired) electrons. The number of pyridine rings is 1. The molecule has 1 aromatic carbocycles. The Morgan fingerprint density at radius 2 is 1.95 bits per heavy atom. The topological polar surface area (TPSA) is 42.4 Å². The van der Waals surface area contributed by atoms with Gasteiger partial charge in [0.1, 0.15) is 5.75 Å². The second-order valence-electron chi connectivity index (χ2n) is 5.10. The normalized spacial score (nSPS) is 12.2. The number of aryl methyl sites for hydroxylation is 1. The predicted octanol–water partition coefficient (Wildman–Crippen LogP) is 4.19. The molecule has 2 rings (SSSR count). The molecular formula is C17H21NO2. The van der Waals surface area contributed by atoms with Crippen LogP contribution in [-0.4, -0.2) is 10.1 Å². The van der Waals surface area contributed by atoms with Crippen molar-refractivity contribution < 1.29 is 9.84 Å². The molecule has 0 aliphatic carbocycles. The average Bonchev–Trinajstić information content (AvgIpc) is 2.49. The Balaban J connectivity index is 2.14. The lowest BCUT2D eigenvalue weighted by atomic mass is 9.99. The van der Waals surface area contributed by atoms with E-state index in [9.17, 15) is 0 Å². The minimum absolute atomic E-state index is 0.00226. The fourth-order valence-electron chi connectivity index (χ4n) is 2.03. The second-order valence-corrected chi connectivity index (χ2v) is 5.10. The summed E-state index contributed by atoms with van der Waals surface area (Å²) >= 11 is 0. The lowest BCUT2D eigenvalue weighted by Crippen LogP contribution is -1.95. The van der Waals surface area contributed by atoms with Gasteiger partial charge in [0, 0.05) is 11.8 Å². The molecule has 3 heteroatoms.